The molecule has 1 aliphatic heterocycles. The van der Waals surface area contributed by atoms with Gasteiger partial charge < -0.3 is 10.1 Å². The lowest BCUT2D eigenvalue weighted by Crippen LogP contribution is -2.61. The Balaban J connectivity index is 1.76. The van der Waals surface area contributed by atoms with Gasteiger partial charge in [-0.2, -0.15) is 13.9 Å². The summed E-state index contributed by atoms with van der Waals surface area (Å²) in [6.45, 7) is 4.53. The molecule has 32 heavy (non-hydrogen) atoms. The van der Waals surface area contributed by atoms with E-state index in [0.717, 1.165) is 0 Å². The number of nitrogens with one attached hydrogen (secondary N) is 1. The average molecular weight is 464 g/mol. The standard InChI is InChI=1S/C21H23F2N5O3S/c1-11(2)28-17-6-16(19(29)26-21(4)9-32(30)10-21)25-8-15(17)18(27-28)14-5-13(31-20(22)23)7-24-12(14)3/h5-8,11,20H,9-10H2,1-4H3,(H,26,29). The molecule has 1 fully saturated rings. The molecule has 11 heteroatoms. The first-order chi connectivity index (χ1) is 15.1. The molecule has 1 amide bonds. The molecule has 0 radical (unpaired) electrons. The molecule has 0 bridgehead atoms. The first-order valence-electron chi connectivity index (χ1n) is 10.0. The van der Waals surface area contributed by atoms with Gasteiger partial charge in [-0.05, 0) is 39.8 Å². The molecule has 1 aliphatic rings. The summed E-state index contributed by atoms with van der Waals surface area (Å²) in [5.74, 6) is 0.411. The summed E-state index contributed by atoms with van der Waals surface area (Å²) in [6, 6.07) is 3.09. The number of halogens is 2. The third kappa shape index (κ3) is 4.21. The van der Waals surface area contributed by atoms with Crippen LogP contribution in [0.25, 0.3) is 22.2 Å². The van der Waals surface area contributed by atoms with Gasteiger partial charge in [0.15, 0.2) is 0 Å². The van der Waals surface area contributed by atoms with Crippen LogP contribution in [-0.4, -0.2) is 53.5 Å². The summed E-state index contributed by atoms with van der Waals surface area (Å²) >= 11 is 0. The van der Waals surface area contributed by atoms with Gasteiger partial charge in [0, 0.05) is 51.2 Å². The third-order valence-corrected chi connectivity index (χ3v) is 7.15. The van der Waals surface area contributed by atoms with Crippen molar-refractivity contribution in [1.82, 2.24) is 25.1 Å². The van der Waals surface area contributed by atoms with Crippen LogP contribution in [-0.2, 0) is 10.8 Å². The van der Waals surface area contributed by atoms with Crippen molar-refractivity contribution in [2.75, 3.05) is 11.5 Å². The fraction of sp³-hybridized carbons (Fsp3) is 0.429. The second-order valence-corrected chi connectivity index (χ2v) is 9.86. The Morgan fingerprint density at radius 3 is 2.59 bits per heavy atom. The van der Waals surface area contributed by atoms with Crippen LogP contribution in [0, 0.1) is 6.92 Å². The fourth-order valence-electron chi connectivity index (χ4n) is 3.75. The molecule has 170 valence electrons. The van der Waals surface area contributed by atoms with E-state index in [4.69, 9.17) is 0 Å². The lowest BCUT2D eigenvalue weighted by Gasteiger charge is -2.37. The summed E-state index contributed by atoms with van der Waals surface area (Å²) in [4.78, 5) is 21.2. The van der Waals surface area contributed by atoms with Crippen molar-refractivity contribution in [3.05, 3.63) is 35.9 Å². The largest absolute Gasteiger partial charge is 0.433 e. The Morgan fingerprint density at radius 2 is 1.97 bits per heavy atom. The highest BCUT2D eigenvalue weighted by Crippen LogP contribution is 2.33. The van der Waals surface area contributed by atoms with E-state index in [1.54, 1.807) is 23.9 Å². The Morgan fingerprint density at radius 1 is 1.25 bits per heavy atom. The molecule has 1 saturated heterocycles. The van der Waals surface area contributed by atoms with E-state index in [2.05, 4.69) is 25.1 Å². The molecule has 0 aromatic carbocycles. The zero-order valence-corrected chi connectivity index (χ0v) is 18.9. The summed E-state index contributed by atoms with van der Waals surface area (Å²) in [7, 11) is -0.905. The van der Waals surface area contributed by atoms with Gasteiger partial charge in [0.05, 0.1) is 17.3 Å². The highest BCUT2D eigenvalue weighted by Gasteiger charge is 2.40. The number of alkyl halides is 2. The predicted octanol–water partition coefficient (Wildman–Crippen LogP) is 3.23. The van der Waals surface area contributed by atoms with Crippen LogP contribution in [0.4, 0.5) is 8.78 Å². The van der Waals surface area contributed by atoms with Crippen LogP contribution in [0.5, 0.6) is 5.75 Å². The van der Waals surface area contributed by atoms with Crippen molar-refractivity contribution < 1.29 is 22.5 Å². The maximum Gasteiger partial charge on any atom is 0.387 e. The number of hydrogen-bond acceptors (Lipinski definition) is 6. The van der Waals surface area contributed by atoms with Gasteiger partial charge >= 0.3 is 6.61 Å². The maximum atomic E-state index is 12.8. The molecule has 3 aromatic rings. The second-order valence-electron chi connectivity index (χ2n) is 8.40. The van der Waals surface area contributed by atoms with E-state index >= 15 is 0 Å². The van der Waals surface area contributed by atoms with Gasteiger partial charge in [-0.3, -0.25) is 23.7 Å². The number of aryl methyl sites for hydroxylation is 1. The number of hydrogen-bond donors (Lipinski definition) is 1. The van der Waals surface area contributed by atoms with Gasteiger partial charge in [0.1, 0.15) is 17.1 Å². The number of ether oxygens (including phenoxy) is 1. The van der Waals surface area contributed by atoms with Gasteiger partial charge in [-0.25, -0.2) is 0 Å². The fourth-order valence-corrected chi connectivity index (χ4v) is 5.23. The highest BCUT2D eigenvalue weighted by atomic mass is 32.2. The van der Waals surface area contributed by atoms with Crippen molar-refractivity contribution >= 4 is 27.6 Å². The van der Waals surface area contributed by atoms with Gasteiger partial charge in [0.2, 0.25) is 0 Å². The lowest BCUT2D eigenvalue weighted by atomic mass is 10.1. The summed E-state index contributed by atoms with van der Waals surface area (Å²) in [6.07, 6.45) is 2.79. The summed E-state index contributed by atoms with van der Waals surface area (Å²) in [5.41, 5.74) is 2.03. The Bertz CT molecular complexity index is 1220. The van der Waals surface area contributed by atoms with E-state index in [9.17, 15) is 17.8 Å². The van der Waals surface area contributed by atoms with Gasteiger partial charge in [-0.1, -0.05) is 0 Å². The number of rotatable bonds is 6. The molecule has 3 aromatic heterocycles. The molecule has 0 atom stereocenters. The topological polar surface area (TPSA) is 99.0 Å². The lowest BCUT2D eigenvalue weighted by molar-refractivity contribution is -0.0500. The van der Waals surface area contributed by atoms with E-state index in [1.807, 2.05) is 20.8 Å². The van der Waals surface area contributed by atoms with Crippen LogP contribution >= 0.6 is 0 Å². The van der Waals surface area contributed by atoms with Crippen molar-refractivity contribution in [3.8, 4) is 17.0 Å². The van der Waals surface area contributed by atoms with Gasteiger partial charge in [0.25, 0.3) is 5.91 Å². The van der Waals surface area contributed by atoms with Gasteiger partial charge in [-0.15, -0.1) is 0 Å². The van der Waals surface area contributed by atoms with Crippen LogP contribution in [0.1, 0.15) is 43.0 Å². The molecule has 4 heterocycles. The number of amides is 1. The quantitative estimate of drug-likeness (QED) is 0.603. The molecule has 0 aliphatic carbocycles. The number of carbonyl (C=O) groups excluding carboxylic acids is 1. The minimum Gasteiger partial charge on any atom is -0.433 e. The van der Waals surface area contributed by atoms with Crippen molar-refractivity contribution in [2.45, 2.75) is 45.9 Å². The Labute approximate surface area is 185 Å². The average Bonchev–Trinajstić information content (AvgIpc) is 3.07. The summed E-state index contributed by atoms with van der Waals surface area (Å²) < 4.78 is 43.0. The molecule has 8 nitrogen and oxygen atoms in total. The minimum absolute atomic E-state index is 0.0371. The number of aromatic nitrogens is 4. The van der Waals surface area contributed by atoms with E-state index in [0.29, 0.717) is 39.4 Å². The molecule has 0 saturated carbocycles. The number of fused-ring (bicyclic) bond motifs is 1. The van der Waals surface area contributed by atoms with E-state index < -0.39 is 22.9 Å². The van der Waals surface area contributed by atoms with Crippen LogP contribution in [0.3, 0.4) is 0 Å². The molecular weight excluding hydrogens is 440 g/mol. The zero-order valence-electron chi connectivity index (χ0n) is 18.1. The normalized spacial score (nSPS) is 20.6. The zero-order chi connectivity index (χ0) is 23.2. The number of carbonyl (C=O) groups is 1. The molecule has 4 rings (SSSR count). The SMILES string of the molecule is Cc1ncc(OC(F)F)cc1-c1nn(C(C)C)c2cc(C(=O)NC3(C)CS(=O)C3)ncc12. The molecular formula is C21H23F2N5O3S. The predicted molar refractivity (Wildman–Crippen MR) is 116 cm³/mol. The van der Waals surface area contributed by atoms with Crippen LogP contribution in [0.15, 0.2) is 24.5 Å². The highest BCUT2D eigenvalue weighted by molar-refractivity contribution is 7.86. The molecule has 1 N–H and O–H groups in total. The third-order valence-electron chi connectivity index (χ3n) is 5.23. The number of pyridine rings is 2. The summed E-state index contributed by atoms with van der Waals surface area (Å²) in [5, 5.41) is 8.24. The van der Waals surface area contributed by atoms with Crippen LogP contribution in [0.2, 0.25) is 0 Å². The molecule has 0 spiro atoms. The van der Waals surface area contributed by atoms with Crippen molar-refractivity contribution in [2.24, 2.45) is 0 Å². The Hall–Kier alpha value is -2.95. The van der Waals surface area contributed by atoms with E-state index in [1.165, 1.54) is 12.3 Å². The minimum atomic E-state index is -2.96. The van der Waals surface area contributed by atoms with E-state index in [-0.39, 0.29) is 23.4 Å². The first kappa shape index (κ1) is 22.3. The molecule has 0 unspecified atom stereocenters. The number of nitrogens with zero attached hydrogens (tertiary/aromatic N) is 4. The van der Waals surface area contributed by atoms with Crippen LogP contribution < -0.4 is 10.1 Å². The monoisotopic (exact) mass is 463 g/mol. The Kier molecular flexibility index (Phi) is 5.70. The maximum absolute atomic E-state index is 12.8. The van der Waals surface area contributed by atoms with Crippen molar-refractivity contribution in [3.63, 3.8) is 0 Å². The second kappa shape index (κ2) is 8.19. The van der Waals surface area contributed by atoms with Crippen molar-refractivity contribution in [1.29, 1.82) is 0 Å². The first-order valence-corrected chi connectivity index (χ1v) is 11.5. The smallest absolute Gasteiger partial charge is 0.387 e.